The van der Waals surface area contributed by atoms with Crippen molar-refractivity contribution in [2.24, 2.45) is 0 Å². The van der Waals surface area contributed by atoms with Gasteiger partial charge in [-0.05, 0) is 32.5 Å². The summed E-state index contributed by atoms with van der Waals surface area (Å²) in [6.07, 6.45) is 1.71. The van der Waals surface area contributed by atoms with Crippen molar-refractivity contribution in [1.29, 1.82) is 0 Å². The van der Waals surface area contributed by atoms with Gasteiger partial charge < -0.3 is 4.42 Å². The summed E-state index contributed by atoms with van der Waals surface area (Å²) in [6, 6.07) is 0. The third-order valence-corrected chi connectivity index (χ3v) is 2.95. The van der Waals surface area contributed by atoms with Gasteiger partial charge in [-0.3, -0.25) is 4.68 Å². The van der Waals surface area contributed by atoms with Crippen molar-refractivity contribution in [3.8, 4) is 0 Å². The molecule has 0 aliphatic rings. The van der Waals surface area contributed by atoms with Crippen LogP contribution in [0.3, 0.4) is 0 Å². The van der Waals surface area contributed by atoms with E-state index in [1.165, 1.54) is 11.3 Å². The van der Waals surface area contributed by atoms with Crippen LogP contribution in [0.5, 0.6) is 0 Å². The molecule has 0 saturated carbocycles. The molecular weight excluding hydrogens is 236 g/mol. The number of H-pyrrole nitrogens is 1. The summed E-state index contributed by atoms with van der Waals surface area (Å²) in [4.78, 5) is 0.316. The van der Waals surface area contributed by atoms with Crippen LogP contribution in [-0.2, 0) is 13.0 Å². The van der Waals surface area contributed by atoms with E-state index >= 15 is 0 Å². The molecule has 5 nitrogen and oxygen atoms in total. The summed E-state index contributed by atoms with van der Waals surface area (Å²) in [6.45, 7) is 7.17. The molecule has 0 aliphatic heterocycles. The van der Waals surface area contributed by atoms with Crippen LogP contribution in [0.1, 0.15) is 36.2 Å². The van der Waals surface area contributed by atoms with Crippen molar-refractivity contribution in [1.82, 2.24) is 20.0 Å². The zero-order valence-electron chi connectivity index (χ0n) is 10.3. The fourth-order valence-electron chi connectivity index (χ4n) is 1.91. The van der Waals surface area contributed by atoms with E-state index < -0.39 is 0 Å². The fraction of sp³-hybridized carbons (Fsp3) is 0.545. The normalized spacial score (nSPS) is 11.0. The van der Waals surface area contributed by atoms with Gasteiger partial charge >= 0.3 is 0 Å². The number of aromatic nitrogens is 4. The summed E-state index contributed by atoms with van der Waals surface area (Å²) in [5.41, 5.74) is 3.37. The monoisotopic (exact) mass is 252 g/mol. The highest BCUT2D eigenvalue weighted by atomic mass is 32.1. The lowest BCUT2D eigenvalue weighted by Crippen LogP contribution is -2.02. The average molecular weight is 252 g/mol. The van der Waals surface area contributed by atoms with Gasteiger partial charge in [0, 0.05) is 17.8 Å². The number of aromatic amines is 1. The minimum absolute atomic E-state index is 0.316. The zero-order chi connectivity index (χ0) is 12.4. The Balaban J connectivity index is 2.29. The molecular formula is C11H16N4OS. The first-order chi connectivity index (χ1) is 8.11. The highest BCUT2D eigenvalue weighted by Crippen LogP contribution is 2.17. The van der Waals surface area contributed by atoms with Gasteiger partial charge in [0.15, 0.2) is 0 Å². The Hall–Kier alpha value is -1.43. The van der Waals surface area contributed by atoms with E-state index in [1.807, 2.05) is 11.6 Å². The minimum atomic E-state index is 0.316. The molecule has 0 spiro atoms. The Bertz CT molecular complexity index is 566. The van der Waals surface area contributed by atoms with Crippen molar-refractivity contribution in [2.75, 3.05) is 0 Å². The molecule has 0 saturated heterocycles. The molecule has 0 fully saturated rings. The smallest absolute Gasteiger partial charge is 0.284 e. The van der Waals surface area contributed by atoms with E-state index in [4.69, 9.17) is 16.6 Å². The molecule has 2 rings (SSSR count). The first-order valence-corrected chi connectivity index (χ1v) is 6.10. The summed E-state index contributed by atoms with van der Waals surface area (Å²) in [5, 5.41) is 11.2. The van der Waals surface area contributed by atoms with Crippen molar-refractivity contribution in [3.63, 3.8) is 0 Å². The SMILES string of the molecule is CCCn1nc(C)c(Cc2n[nH]c(=S)o2)c1C. The van der Waals surface area contributed by atoms with Crippen LogP contribution in [-0.4, -0.2) is 20.0 Å². The molecule has 0 aromatic carbocycles. The number of nitrogens with one attached hydrogen (secondary N) is 1. The summed E-state index contributed by atoms with van der Waals surface area (Å²) >= 11 is 4.86. The van der Waals surface area contributed by atoms with Gasteiger partial charge in [0.1, 0.15) is 0 Å². The van der Waals surface area contributed by atoms with Gasteiger partial charge in [0.25, 0.3) is 4.84 Å². The van der Waals surface area contributed by atoms with E-state index in [0.717, 1.165) is 18.7 Å². The Morgan fingerprint density at radius 1 is 1.41 bits per heavy atom. The van der Waals surface area contributed by atoms with Gasteiger partial charge in [0.05, 0.1) is 12.1 Å². The lowest BCUT2D eigenvalue weighted by molar-refractivity contribution is 0.490. The molecule has 6 heteroatoms. The standard InChI is InChI=1S/C11H16N4OS/c1-4-5-15-8(3)9(7(2)14-15)6-10-12-13-11(17)16-10/h4-6H2,1-3H3,(H,13,17). The third-order valence-electron chi connectivity index (χ3n) is 2.78. The van der Waals surface area contributed by atoms with Crippen molar-refractivity contribution in [3.05, 3.63) is 27.7 Å². The average Bonchev–Trinajstić information content (AvgIpc) is 2.79. The molecule has 0 bridgehead atoms. The number of hydrogen-bond acceptors (Lipinski definition) is 4. The van der Waals surface area contributed by atoms with Crippen LogP contribution < -0.4 is 0 Å². The maximum Gasteiger partial charge on any atom is 0.284 e. The largest absolute Gasteiger partial charge is 0.414 e. The number of nitrogens with zero attached hydrogens (tertiary/aromatic N) is 3. The van der Waals surface area contributed by atoms with Gasteiger partial charge in [-0.2, -0.15) is 5.10 Å². The predicted molar refractivity (Wildman–Crippen MR) is 66.5 cm³/mol. The summed E-state index contributed by atoms with van der Waals surface area (Å²) in [5.74, 6) is 0.609. The Labute approximate surface area is 105 Å². The molecule has 0 radical (unpaired) electrons. The number of aryl methyl sites for hydroxylation is 2. The van der Waals surface area contributed by atoms with Gasteiger partial charge in [0.2, 0.25) is 5.89 Å². The van der Waals surface area contributed by atoms with E-state index in [-0.39, 0.29) is 0 Å². The van der Waals surface area contributed by atoms with Crippen LogP contribution >= 0.6 is 12.2 Å². The van der Waals surface area contributed by atoms with E-state index in [9.17, 15) is 0 Å². The Kier molecular flexibility index (Phi) is 3.42. The van der Waals surface area contributed by atoms with Gasteiger partial charge in [-0.15, -0.1) is 5.10 Å². The molecule has 2 aromatic heterocycles. The quantitative estimate of drug-likeness (QED) is 0.849. The molecule has 2 heterocycles. The first-order valence-electron chi connectivity index (χ1n) is 5.69. The topological polar surface area (TPSA) is 59.6 Å². The predicted octanol–water partition coefficient (Wildman–Crippen LogP) is 2.55. The number of rotatable bonds is 4. The highest BCUT2D eigenvalue weighted by molar-refractivity contribution is 7.71. The van der Waals surface area contributed by atoms with Crippen LogP contribution in [0.25, 0.3) is 0 Å². The van der Waals surface area contributed by atoms with Crippen LogP contribution in [0, 0.1) is 18.7 Å². The first kappa shape index (κ1) is 12.0. The fourth-order valence-corrected chi connectivity index (χ4v) is 2.05. The van der Waals surface area contributed by atoms with Crippen molar-refractivity contribution >= 4 is 12.2 Å². The molecule has 0 atom stereocenters. The lowest BCUT2D eigenvalue weighted by atomic mass is 10.1. The summed E-state index contributed by atoms with van der Waals surface area (Å²) < 4.78 is 7.31. The number of hydrogen-bond donors (Lipinski definition) is 1. The van der Waals surface area contributed by atoms with Crippen LogP contribution in [0.15, 0.2) is 4.42 Å². The van der Waals surface area contributed by atoms with E-state index in [0.29, 0.717) is 17.1 Å². The maximum absolute atomic E-state index is 5.28. The molecule has 17 heavy (non-hydrogen) atoms. The van der Waals surface area contributed by atoms with Gasteiger partial charge in [-0.25, -0.2) is 5.10 Å². The molecule has 0 aliphatic carbocycles. The maximum atomic E-state index is 5.28. The summed E-state index contributed by atoms with van der Waals surface area (Å²) in [7, 11) is 0. The molecule has 0 amide bonds. The Morgan fingerprint density at radius 3 is 2.76 bits per heavy atom. The zero-order valence-corrected chi connectivity index (χ0v) is 11.1. The molecule has 0 unspecified atom stereocenters. The third kappa shape index (κ3) is 2.46. The lowest BCUT2D eigenvalue weighted by Gasteiger charge is -2.01. The van der Waals surface area contributed by atoms with Crippen LogP contribution in [0.4, 0.5) is 0 Å². The molecule has 2 aromatic rings. The van der Waals surface area contributed by atoms with Crippen LogP contribution in [0.2, 0.25) is 0 Å². The second-order valence-electron chi connectivity index (χ2n) is 4.06. The van der Waals surface area contributed by atoms with Crippen molar-refractivity contribution < 1.29 is 4.42 Å². The molecule has 92 valence electrons. The minimum Gasteiger partial charge on any atom is -0.414 e. The molecule has 1 N–H and O–H groups in total. The Morgan fingerprint density at radius 2 is 2.18 bits per heavy atom. The highest BCUT2D eigenvalue weighted by Gasteiger charge is 2.13. The second kappa shape index (κ2) is 4.83. The second-order valence-corrected chi connectivity index (χ2v) is 4.43. The van der Waals surface area contributed by atoms with Crippen molar-refractivity contribution in [2.45, 2.75) is 40.2 Å². The van der Waals surface area contributed by atoms with E-state index in [1.54, 1.807) is 0 Å². The van der Waals surface area contributed by atoms with Gasteiger partial charge in [-0.1, -0.05) is 6.92 Å². The van der Waals surface area contributed by atoms with E-state index in [2.05, 4.69) is 29.1 Å².